The van der Waals surface area contributed by atoms with Gasteiger partial charge in [-0.05, 0) is 148 Å². The third-order valence-corrected chi connectivity index (χ3v) is 16.7. The number of fused-ring (bicyclic) bond motifs is 7. The van der Waals surface area contributed by atoms with Crippen molar-refractivity contribution in [1.29, 1.82) is 0 Å². The SMILES string of the molecule is CC(C)C1=C2C3CCC4C5(C)CCC(OC(=O)CC(C)(C)C(=O)O)C(C)C5CCC4(C)C3(C)CCC2(C(O)c2nnc(-c3ccc(F)cn3)n2CCN(C)C)CC1=O. The molecule has 4 saturated carbocycles. The zero-order valence-corrected chi connectivity index (χ0v) is 36.4. The van der Waals surface area contributed by atoms with Crippen molar-refractivity contribution >= 4 is 17.7 Å². The lowest BCUT2D eigenvalue weighted by atomic mass is 9.33. The molecule has 10 unspecified atom stereocenters. The highest BCUT2D eigenvalue weighted by atomic mass is 19.1. The van der Waals surface area contributed by atoms with Crippen molar-refractivity contribution in [1.82, 2.24) is 24.6 Å². The van der Waals surface area contributed by atoms with Gasteiger partial charge >= 0.3 is 11.9 Å². The lowest BCUT2D eigenvalue weighted by molar-refractivity contribution is -0.218. The fraction of sp³-hybridized carbons (Fsp3) is 0.739. The van der Waals surface area contributed by atoms with E-state index in [9.17, 15) is 29.0 Å². The number of allylic oxidation sites excluding steroid dienone is 1. The first-order valence-corrected chi connectivity index (χ1v) is 21.7. The fourth-order valence-corrected chi connectivity index (χ4v) is 13.4. The van der Waals surface area contributed by atoms with E-state index in [1.807, 2.05) is 18.7 Å². The molecule has 318 valence electrons. The smallest absolute Gasteiger partial charge is 0.309 e. The minimum absolute atomic E-state index is 0.00297. The average molecular weight is 804 g/mol. The van der Waals surface area contributed by atoms with Crippen LogP contribution in [0.1, 0.15) is 132 Å². The number of carbonyl (C=O) groups is 3. The lowest BCUT2D eigenvalue weighted by Gasteiger charge is -2.71. The van der Waals surface area contributed by atoms with Gasteiger partial charge in [0.15, 0.2) is 17.4 Å². The van der Waals surface area contributed by atoms with E-state index in [-0.39, 0.29) is 58.7 Å². The molecule has 0 spiro atoms. The van der Waals surface area contributed by atoms with Crippen LogP contribution < -0.4 is 0 Å². The number of carboxylic acids is 1. The Bertz CT molecular complexity index is 1980. The molecule has 0 amide bonds. The van der Waals surface area contributed by atoms with E-state index in [0.29, 0.717) is 48.7 Å². The Morgan fingerprint density at radius 3 is 2.40 bits per heavy atom. The van der Waals surface area contributed by atoms with E-state index in [4.69, 9.17) is 4.74 Å². The number of aromatic nitrogens is 4. The Hall–Kier alpha value is -3.51. The zero-order valence-electron chi connectivity index (χ0n) is 36.4. The van der Waals surface area contributed by atoms with Crippen LogP contribution in [-0.2, 0) is 25.7 Å². The predicted molar refractivity (Wildman–Crippen MR) is 217 cm³/mol. The molecule has 10 atom stereocenters. The molecule has 11 nitrogen and oxygen atoms in total. The van der Waals surface area contributed by atoms with Gasteiger partial charge in [-0.2, -0.15) is 0 Å². The van der Waals surface area contributed by atoms with Crippen molar-refractivity contribution in [2.24, 2.45) is 56.7 Å². The molecule has 0 bridgehead atoms. The predicted octanol–water partition coefficient (Wildman–Crippen LogP) is 8.08. The van der Waals surface area contributed by atoms with Crippen LogP contribution in [0.25, 0.3) is 11.5 Å². The summed E-state index contributed by atoms with van der Waals surface area (Å²) < 4.78 is 21.9. The van der Waals surface area contributed by atoms with Gasteiger partial charge in [0.25, 0.3) is 0 Å². The van der Waals surface area contributed by atoms with Crippen molar-refractivity contribution in [2.75, 3.05) is 20.6 Å². The van der Waals surface area contributed by atoms with E-state index in [2.05, 4.69) is 61.6 Å². The zero-order chi connectivity index (χ0) is 42.3. The largest absolute Gasteiger partial charge is 0.481 e. The highest BCUT2D eigenvalue weighted by Gasteiger charge is 2.70. The van der Waals surface area contributed by atoms with Gasteiger partial charge in [0.2, 0.25) is 0 Å². The molecule has 2 N–H and O–H groups in total. The maximum atomic E-state index is 14.4. The number of ether oxygens (including phenoxy) is 1. The summed E-state index contributed by atoms with van der Waals surface area (Å²) in [6, 6.07) is 2.94. The minimum atomic E-state index is -1.18. The topological polar surface area (TPSA) is 148 Å². The standard InChI is InChI=1S/C46H66FN5O6/c1-26(2)36-32(53)23-46(38(55)40-50-49-39(52(40)22-21-51(9)10)31-13-11-28(47)25-48-31)20-19-44(7)30(37(36)46)12-14-34-43(6)17-16-33(27(3)29(43)15-18-45(34,44)8)58-35(54)24-42(4,5)41(56)57/h11,13,25-27,29-30,33-34,38,55H,12,14-24H2,1-10H3,(H,56,57). The molecular formula is C46H66FN5O6. The van der Waals surface area contributed by atoms with Gasteiger partial charge in [0.05, 0.1) is 18.0 Å². The van der Waals surface area contributed by atoms with E-state index in [1.165, 1.54) is 12.3 Å². The lowest BCUT2D eigenvalue weighted by Crippen LogP contribution is -2.64. The highest BCUT2D eigenvalue weighted by molar-refractivity contribution is 6.00. The molecule has 2 heterocycles. The summed E-state index contributed by atoms with van der Waals surface area (Å²) in [5.74, 6) is 0.206. The molecule has 0 aromatic carbocycles. The molecule has 4 fully saturated rings. The summed E-state index contributed by atoms with van der Waals surface area (Å²) in [5.41, 5.74) is 0.404. The van der Waals surface area contributed by atoms with Crippen LogP contribution in [-0.4, -0.2) is 79.3 Å². The summed E-state index contributed by atoms with van der Waals surface area (Å²) >= 11 is 0. The highest BCUT2D eigenvalue weighted by Crippen LogP contribution is 2.77. The molecule has 0 saturated heterocycles. The van der Waals surface area contributed by atoms with Gasteiger partial charge in [-0.1, -0.05) is 41.5 Å². The first-order valence-electron chi connectivity index (χ1n) is 21.7. The minimum Gasteiger partial charge on any atom is -0.481 e. The van der Waals surface area contributed by atoms with Crippen LogP contribution in [0.3, 0.4) is 0 Å². The number of pyridine rings is 1. The van der Waals surface area contributed by atoms with Crippen LogP contribution in [0.4, 0.5) is 4.39 Å². The first kappa shape index (κ1) is 42.6. The van der Waals surface area contributed by atoms with Crippen LogP contribution in [0, 0.1) is 62.5 Å². The van der Waals surface area contributed by atoms with Crippen molar-refractivity contribution in [3.63, 3.8) is 0 Å². The van der Waals surface area contributed by atoms with Crippen LogP contribution >= 0.6 is 0 Å². The molecule has 58 heavy (non-hydrogen) atoms. The van der Waals surface area contributed by atoms with E-state index in [0.717, 1.165) is 56.1 Å². The normalized spacial score (nSPS) is 35.3. The van der Waals surface area contributed by atoms with Gasteiger partial charge in [-0.15, -0.1) is 10.2 Å². The summed E-state index contributed by atoms with van der Waals surface area (Å²) in [6.45, 7) is 18.2. The number of carbonyl (C=O) groups excluding carboxylic acids is 2. The number of hydrogen-bond acceptors (Lipinski definition) is 9. The molecule has 0 radical (unpaired) electrons. The number of nitrogens with zero attached hydrogens (tertiary/aromatic N) is 5. The fourth-order valence-electron chi connectivity index (χ4n) is 13.4. The number of Topliss-reactive ketones (excluding diaryl/α,β-unsaturated/α-hetero) is 1. The number of aliphatic hydroxyl groups excluding tert-OH is 1. The summed E-state index contributed by atoms with van der Waals surface area (Å²) in [6.07, 6.45) is 7.18. The third kappa shape index (κ3) is 6.57. The number of hydrogen-bond donors (Lipinski definition) is 2. The van der Waals surface area contributed by atoms with E-state index < -0.39 is 34.7 Å². The van der Waals surface area contributed by atoms with Crippen molar-refractivity contribution < 1.29 is 33.7 Å². The maximum Gasteiger partial charge on any atom is 0.309 e. The second-order valence-electron chi connectivity index (χ2n) is 20.8. The van der Waals surface area contributed by atoms with Gasteiger partial charge < -0.3 is 24.4 Å². The number of rotatable bonds is 11. The van der Waals surface area contributed by atoms with E-state index >= 15 is 0 Å². The summed E-state index contributed by atoms with van der Waals surface area (Å²) in [4.78, 5) is 45.5. The molecule has 2 aromatic heterocycles. The Morgan fingerprint density at radius 2 is 1.76 bits per heavy atom. The first-order chi connectivity index (χ1) is 27.1. The van der Waals surface area contributed by atoms with Gasteiger partial charge in [-0.3, -0.25) is 14.4 Å². The van der Waals surface area contributed by atoms with E-state index in [1.54, 1.807) is 19.9 Å². The Kier molecular flexibility index (Phi) is 10.9. The number of ketones is 1. The molecule has 0 aliphatic heterocycles. The molecule has 7 rings (SSSR count). The van der Waals surface area contributed by atoms with Gasteiger partial charge in [-0.25, -0.2) is 9.37 Å². The van der Waals surface area contributed by atoms with Crippen LogP contribution in [0.5, 0.6) is 0 Å². The molecular weight excluding hydrogens is 738 g/mol. The molecule has 5 aliphatic rings. The second kappa shape index (κ2) is 14.9. The number of likely N-dealkylation sites (N-methyl/N-ethyl adjacent to an activating group) is 1. The third-order valence-electron chi connectivity index (χ3n) is 16.7. The van der Waals surface area contributed by atoms with Crippen molar-refractivity contribution in [3.05, 3.63) is 41.1 Å². The Morgan fingerprint density at radius 1 is 1.03 bits per heavy atom. The van der Waals surface area contributed by atoms with Gasteiger partial charge in [0.1, 0.15) is 23.7 Å². The monoisotopic (exact) mass is 803 g/mol. The van der Waals surface area contributed by atoms with Crippen LogP contribution in [0.15, 0.2) is 29.5 Å². The average Bonchev–Trinajstić information content (AvgIpc) is 3.71. The number of carboxylic acid groups (broad SMARTS) is 1. The summed E-state index contributed by atoms with van der Waals surface area (Å²) in [5, 5.41) is 31.7. The number of aliphatic carboxylic acids is 1. The number of aliphatic hydroxyl groups is 1. The Labute approximate surface area is 343 Å². The van der Waals surface area contributed by atoms with Crippen molar-refractivity contribution in [2.45, 2.75) is 138 Å². The molecule has 5 aliphatic carbocycles. The van der Waals surface area contributed by atoms with Crippen molar-refractivity contribution in [3.8, 4) is 11.5 Å². The Balaban J connectivity index is 1.21. The number of halogens is 1. The van der Waals surface area contributed by atoms with Gasteiger partial charge in [0, 0.05) is 24.9 Å². The maximum absolute atomic E-state index is 14.4. The second-order valence-corrected chi connectivity index (χ2v) is 20.8. The quantitative estimate of drug-likeness (QED) is 0.214. The van der Waals surface area contributed by atoms with Crippen LogP contribution in [0.2, 0.25) is 0 Å². The molecule has 2 aromatic rings. The number of esters is 1. The molecule has 12 heteroatoms. The summed E-state index contributed by atoms with van der Waals surface area (Å²) in [7, 11) is 3.97.